The van der Waals surface area contributed by atoms with Crippen LogP contribution >= 0.6 is 0 Å². The molecule has 0 fully saturated rings. The lowest BCUT2D eigenvalue weighted by atomic mass is 9.91. The quantitative estimate of drug-likeness (QED) is 0.549. The van der Waals surface area contributed by atoms with Gasteiger partial charge in [0, 0.05) is 11.4 Å². The van der Waals surface area contributed by atoms with Crippen molar-refractivity contribution in [3.05, 3.63) is 41.1 Å². The molecule has 5 heteroatoms. The highest BCUT2D eigenvalue weighted by atomic mass is 19.1. The van der Waals surface area contributed by atoms with E-state index < -0.39 is 17.4 Å². The summed E-state index contributed by atoms with van der Waals surface area (Å²) in [5.41, 5.74) is 6.67. The average Bonchev–Trinajstić information content (AvgIpc) is 2.37. The zero-order chi connectivity index (χ0) is 16.9. The van der Waals surface area contributed by atoms with Gasteiger partial charge in [-0.05, 0) is 36.8 Å². The van der Waals surface area contributed by atoms with E-state index in [2.05, 4.69) is 26.1 Å². The monoisotopic (exact) mass is 305 g/mol. The average molecular weight is 305 g/mol. The van der Waals surface area contributed by atoms with Gasteiger partial charge in [-0.1, -0.05) is 39.0 Å². The Labute approximate surface area is 131 Å². The molecule has 4 N–H and O–H groups in total. The molecule has 4 nitrogen and oxygen atoms in total. The Morgan fingerprint density at radius 3 is 2.41 bits per heavy atom. The van der Waals surface area contributed by atoms with Gasteiger partial charge < -0.3 is 11.1 Å². The van der Waals surface area contributed by atoms with Crippen molar-refractivity contribution in [1.82, 2.24) is 0 Å². The number of hydrogen-bond acceptors (Lipinski definition) is 3. The molecule has 120 valence electrons. The second-order valence-electron chi connectivity index (χ2n) is 5.94. The van der Waals surface area contributed by atoms with Crippen LogP contribution < -0.4 is 11.1 Å². The Morgan fingerprint density at radius 2 is 1.91 bits per heavy atom. The molecule has 1 rings (SSSR count). The number of allylic oxidation sites excluding steroid dienone is 1. The highest BCUT2D eigenvalue weighted by Gasteiger charge is 2.20. The molecule has 0 aliphatic carbocycles. The topological polar surface area (TPSA) is 79.0 Å². The van der Waals surface area contributed by atoms with Crippen molar-refractivity contribution in [3.63, 3.8) is 0 Å². The van der Waals surface area contributed by atoms with Crippen LogP contribution in [0.5, 0.6) is 0 Å². The van der Waals surface area contributed by atoms with Gasteiger partial charge in [0.25, 0.3) is 5.91 Å². The number of amides is 1. The van der Waals surface area contributed by atoms with Gasteiger partial charge in [-0.25, -0.2) is 0 Å². The van der Waals surface area contributed by atoms with Crippen LogP contribution in [0.3, 0.4) is 0 Å². The molecule has 0 spiro atoms. The Balaban J connectivity index is 3.07. The number of nitrogens with one attached hydrogen (secondary N) is 2. The summed E-state index contributed by atoms with van der Waals surface area (Å²) in [5.74, 6) is -1.24. The molecule has 1 atom stereocenters. The number of benzene rings is 1. The minimum atomic E-state index is -1.33. The van der Waals surface area contributed by atoms with Crippen molar-refractivity contribution < 1.29 is 9.18 Å². The summed E-state index contributed by atoms with van der Waals surface area (Å²) >= 11 is 0. The van der Waals surface area contributed by atoms with E-state index in [9.17, 15) is 9.18 Å². The van der Waals surface area contributed by atoms with E-state index in [0.29, 0.717) is 11.6 Å². The fraction of sp³-hybridized carbons (Fsp3) is 0.412. The summed E-state index contributed by atoms with van der Waals surface area (Å²) in [6, 6.07) is 7.43. The van der Waals surface area contributed by atoms with E-state index in [1.54, 1.807) is 12.1 Å². The second-order valence-corrected chi connectivity index (χ2v) is 5.94. The first-order chi connectivity index (χ1) is 10.2. The number of carbonyl (C=O) groups is 1. The Morgan fingerprint density at radius 1 is 1.32 bits per heavy atom. The smallest absolute Gasteiger partial charge is 0.262 e. The van der Waals surface area contributed by atoms with Gasteiger partial charge in [-0.15, -0.1) is 0 Å². The third kappa shape index (κ3) is 4.69. The van der Waals surface area contributed by atoms with Crippen LogP contribution in [0.4, 0.5) is 10.1 Å². The van der Waals surface area contributed by atoms with Crippen LogP contribution in [0.1, 0.15) is 45.6 Å². The number of carbonyl (C=O) groups excluding carboxylic acids is 1. The predicted octanol–water partition coefficient (Wildman–Crippen LogP) is 3.95. The van der Waals surface area contributed by atoms with Gasteiger partial charge in [0.1, 0.15) is 5.57 Å². The van der Waals surface area contributed by atoms with Crippen molar-refractivity contribution in [2.45, 2.75) is 40.0 Å². The number of para-hydroxylation sites is 1. The lowest BCUT2D eigenvalue weighted by Gasteiger charge is -2.19. The lowest BCUT2D eigenvalue weighted by molar-refractivity contribution is -0.112. The third-order valence-electron chi connectivity index (χ3n) is 3.41. The van der Waals surface area contributed by atoms with Crippen LogP contribution in [-0.2, 0) is 4.79 Å². The number of nitrogens with two attached hydrogens (primary N) is 1. The number of hydrogen-bond donors (Lipinski definition) is 3. The molecule has 0 saturated carbocycles. The van der Waals surface area contributed by atoms with Gasteiger partial charge in [0.2, 0.25) is 5.97 Å². The molecule has 0 bridgehead atoms. The van der Waals surface area contributed by atoms with Gasteiger partial charge in [-0.2, -0.15) is 4.39 Å². The van der Waals surface area contributed by atoms with Crippen LogP contribution in [0.25, 0.3) is 0 Å². The lowest BCUT2D eigenvalue weighted by Crippen LogP contribution is -2.22. The van der Waals surface area contributed by atoms with Crippen LogP contribution in [0.2, 0.25) is 0 Å². The molecule has 0 aromatic heterocycles. The van der Waals surface area contributed by atoms with Gasteiger partial charge in [0.05, 0.1) is 0 Å². The normalized spacial score (nSPS) is 13.5. The van der Waals surface area contributed by atoms with E-state index in [0.717, 1.165) is 12.0 Å². The van der Waals surface area contributed by atoms with Crippen molar-refractivity contribution in [3.8, 4) is 0 Å². The molecule has 1 unspecified atom stereocenters. The summed E-state index contributed by atoms with van der Waals surface area (Å²) in [4.78, 5) is 12.2. The first kappa shape index (κ1) is 17.9. The number of anilines is 1. The van der Waals surface area contributed by atoms with Gasteiger partial charge in [0.15, 0.2) is 0 Å². The molecule has 0 saturated heterocycles. The highest BCUT2D eigenvalue weighted by Crippen LogP contribution is 2.29. The molecule has 1 aromatic carbocycles. The van der Waals surface area contributed by atoms with Gasteiger partial charge >= 0.3 is 0 Å². The molecule has 1 amide bonds. The molecule has 22 heavy (non-hydrogen) atoms. The molecular weight excluding hydrogens is 281 g/mol. The summed E-state index contributed by atoms with van der Waals surface area (Å²) in [7, 11) is 0. The summed E-state index contributed by atoms with van der Waals surface area (Å²) in [6.45, 7) is 7.77. The summed E-state index contributed by atoms with van der Waals surface area (Å²) in [5, 5.41) is 9.71. The van der Waals surface area contributed by atoms with E-state index in [1.807, 2.05) is 12.1 Å². The maximum atomic E-state index is 13.2. The molecule has 0 aliphatic heterocycles. The predicted molar refractivity (Wildman–Crippen MR) is 88.7 cm³/mol. The number of halogens is 1. The highest BCUT2D eigenvalue weighted by molar-refractivity contribution is 6.22. The number of rotatable bonds is 6. The zero-order valence-electron chi connectivity index (χ0n) is 13.5. The molecule has 0 heterocycles. The van der Waals surface area contributed by atoms with Crippen molar-refractivity contribution in [2.75, 3.05) is 5.32 Å². The van der Waals surface area contributed by atoms with Crippen molar-refractivity contribution in [2.24, 2.45) is 11.7 Å². The van der Waals surface area contributed by atoms with E-state index in [4.69, 9.17) is 11.1 Å². The van der Waals surface area contributed by atoms with E-state index >= 15 is 0 Å². The summed E-state index contributed by atoms with van der Waals surface area (Å²) < 4.78 is 13.2. The maximum absolute atomic E-state index is 13.2. The van der Waals surface area contributed by atoms with E-state index in [1.165, 1.54) is 6.92 Å². The third-order valence-corrected chi connectivity index (χ3v) is 3.41. The Kier molecular flexibility index (Phi) is 6.28. The molecular formula is C17H24FN3O. The fourth-order valence-corrected chi connectivity index (χ4v) is 2.51. The SMILES string of the molecule is CC(N)=C(C(=N)F)C(=O)Nc1ccccc1C(C)CC(C)C. The minimum Gasteiger partial charge on any atom is -0.401 e. The first-order valence-corrected chi connectivity index (χ1v) is 7.35. The van der Waals surface area contributed by atoms with E-state index in [-0.39, 0.29) is 11.6 Å². The van der Waals surface area contributed by atoms with Crippen LogP contribution in [0.15, 0.2) is 35.5 Å². The Bertz CT molecular complexity index is 589. The molecule has 0 radical (unpaired) electrons. The van der Waals surface area contributed by atoms with Crippen LogP contribution in [-0.4, -0.2) is 11.9 Å². The molecule has 1 aromatic rings. The minimum absolute atomic E-state index is 0.0160. The van der Waals surface area contributed by atoms with Crippen LogP contribution in [0, 0.1) is 11.3 Å². The van der Waals surface area contributed by atoms with Gasteiger partial charge in [-0.3, -0.25) is 10.2 Å². The second kappa shape index (κ2) is 7.73. The molecule has 0 aliphatic rings. The Hall–Kier alpha value is -2.17. The van der Waals surface area contributed by atoms with Crippen molar-refractivity contribution >= 4 is 17.6 Å². The maximum Gasteiger partial charge on any atom is 0.262 e. The largest absolute Gasteiger partial charge is 0.401 e. The fourth-order valence-electron chi connectivity index (χ4n) is 2.51. The standard InChI is InChI=1S/C17H24FN3O/c1-10(2)9-11(3)13-7-5-6-8-14(13)21-17(22)15(12(4)19)16(18)20/h5-8,10-11,20H,9,19H2,1-4H3,(H,21,22). The first-order valence-electron chi connectivity index (χ1n) is 7.35. The summed E-state index contributed by atoms with van der Waals surface area (Å²) in [6.07, 6.45) is 0.977. The zero-order valence-corrected chi connectivity index (χ0v) is 13.5. The van der Waals surface area contributed by atoms with Crippen molar-refractivity contribution in [1.29, 1.82) is 5.41 Å².